The van der Waals surface area contributed by atoms with Crippen LogP contribution in [0.4, 0.5) is 5.69 Å². The lowest BCUT2D eigenvalue weighted by Gasteiger charge is -2.23. The topological polar surface area (TPSA) is 49.9 Å². The lowest BCUT2D eigenvalue weighted by atomic mass is 10.1. The highest BCUT2D eigenvalue weighted by atomic mass is 16.5. The average Bonchev–Trinajstić information content (AvgIpc) is 2.90. The van der Waals surface area contributed by atoms with Crippen LogP contribution in [0.25, 0.3) is 0 Å². The van der Waals surface area contributed by atoms with Gasteiger partial charge in [-0.05, 0) is 24.7 Å². The standard InChI is InChI=1S/C19H20N2O3/c1-20(13-14-8-4-3-5-9-14)16-12-18(22)21(19(16)23)15-10-6-7-11-17(15)24-2/h3-11,16H,12-13H2,1-2H3. The summed E-state index contributed by atoms with van der Waals surface area (Å²) in [6.07, 6.45) is 0.181. The molecular weight excluding hydrogens is 304 g/mol. The van der Waals surface area contributed by atoms with Gasteiger partial charge < -0.3 is 4.74 Å². The number of rotatable bonds is 5. The van der Waals surface area contributed by atoms with Crippen LogP contribution in [-0.4, -0.2) is 36.9 Å². The monoisotopic (exact) mass is 324 g/mol. The third-order valence-corrected chi connectivity index (χ3v) is 4.26. The predicted molar refractivity (Wildman–Crippen MR) is 91.8 cm³/mol. The maximum absolute atomic E-state index is 12.8. The van der Waals surface area contributed by atoms with Crippen molar-refractivity contribution < 1.29 is 14.3 Å². The van der Waals surface area contributed by atoms with E-state index in [1.54, 1.807) is 18.2 Å². The van der Waals surface area contributed by atoms with E-state index >= 15 is 0 Å². The van der Waals surface area contributed by atoms with Gasteiger partial charge in [0.25, 0.3) is 5.91 Å². The summed E-state index contributed by atoms with van der Waals surface area (Å²) >= 11 is 0. The van der Waals surface area contributed by atoms with E-state index in [0.29, 0.717) is 18.0 Å². The van der Waals surface area contributed by atoms with Crippen molar-refractivity contribution in [1.82, 2.24) is 4.90 Å². The fourth-order valence-electron chi connectivity index (χ4n) is 3.01. The first kappa shape index (κ1) is 16.2. The molecule has 0 N–H and O–H groups in total. The van der Waals surface area contributed by atoms with Crippen LogP contribution < -0.4 is 9.64 Å². The summed E-state index contributed by atoms with van der Waals surface area (Å²) in [5.74, 6) is 0.114. The lowest BCUT2D eigenvalue weighted by Crippen LogP contribution is -2.39. The Morgan fingerprint density at radius 1 is 1.08 bits per heavy atom. The van der Waals surface area contributed by atoms with Crippen molar-refractivity contribution in [2.45, 2.75) is 19.0 Å². The molecule has 2 amide bonds. The first-order valence-electron chi connectivity index (χ1n) is 7.86. The van der Waals surface area contributed by atoms with E-state index in [1.807, 2.05) is 48.3 Å². The zero-order valence-electron chi connectivity index (χ0n) is 13.8. The van der Waals surface area contributed by atoms with Gasteiger partial charge in [0.1, 0.15) is 5.75 Å². The number of para-hydroxylation sites is 2. The molecule has 3 rings (SSSR count). The van der Waals surface area contributed by atoms with Crippen LogP contribution >= 0.6 is 0 Å². The van der Waals surface area contributed by atoms with Gasteiger partial charge in [-0.1, -0.05) is 42.5 Å². The van der Waals surface area contributed by atoms with Gasteiger partial charge in [-0.2, -0.15) is 0 Å². The molecule has 1 aliphatic rings. The molecule has 124 valence electrons. The van der Waals surface area contributed by atoms with Crippen molar-refractivity contribution in [2.75, 3.05) is 19.1 Å². The summed E-state index contributed by atoms with van der Waals surface area (Å²) in [5.41, 5.74) is 1.61. The lowest BCUT2D eigenvalue weighted by molar-refractivity contribution is -0.122. The van der Waals surface area contributed by atoms with Crippen molar-refractivity contribution in [1.29, 1.82) is 0 Å². The number of benzene rings is 2. The number of hydrogen-bond acceptors (Lipinski definition) is 4. The summed E-state index contributed by atoms with van der Waals surface area (Å²) in [6.45, 7) is 0.615. The van der Waals surface area contributed by atoms with Gasteiger partial charge in [0, 0.05) is 6.54 Å². The summed E-state index contributed by atoms with van der Waals surface area (Å²) in [7, 11) is 3.40. The molecule has 1 atom stereocenters. The molecule has 5 heteroatoms. The van der Waals surface area contributed by atoms with Crippen molar-refractivity contribution in [3.63, 3.8) is 0 Å². The maximum atomic E-state index is 12.8. The molecule has 0 bridgehead atoms. The molecule has 0 spiro atoms. The van der Waals surface area contributed by atoms with Crippen LogP contribution in [0.3, 0.4) is 0 Å². The minimum Gasteiger partial charge on any atom is -0.495 e. The largest absolute Gasteiger partial charge is 0.495 e. The zero-order valence-corrected chi connectivity index (χ0v) is 13.8. The van der Waals surface area contributed by atoms with Crippen molar-refractivity contribution in [3.8, 4) is 5.75 Å². The van der Waals surface area contributed by atoms with E-state index in [1.165, 1.54) is 12.0 Å². The number of nitrogens with zero attached hydrogens (tertiary/aromatic N) is 2. The Hall–Kier alpha value is -2.66. The number of methoxy groups -OCH3 is 1. The quantitative estimate of drug-likeness (QED) is 0.793. The van der Waals surface area contributed by atoms with Gasteiger partial charge in [0.2, 0.25) is 5.91 Å². The predicted octanol–water partition coefficient (Wildman–Crippen LogP) is 2.46. The van der Waals surface area contributed by atoms with Crippen LogP contribution in [0.2, 0.25) is 0 Å². The Morgan fingerprint density at radius 2 is 1.75 bits per heavy atom. The van der Waals surface area contributed by atoms with Gasteiger partial charge in [0.15, 0.2) is 0 Å². The van der Waals surface area contributed by atoms with E-state index in [-0.39, 0.29) is 18.2 Å². The second-order valence-corrected chi connectivity index (χ2v) is 5.86. The molecule has 1 saturated heterocycles. The van der Waals surface area contributed by atoms with Crippen LogP contribution in [0.5, 0.6) is 5.75 Å². The first-order valence-corrected chi connectivity index (χ1v) is 7.86. The summed E-state index contributed by atoms with van der Waals surface area (Å²) in [6, 6.07) is 16.5. The molecule has 0 aromatic heterocycles. The highest BCUT2D eigenvalue weighted by Crippen LogP contribution is 2.33. The fourth-order valence-corrected chi connectivity index (χ4v) is 3.01. The molecule has 24 heavy (non-hydrogen) atoms. The van der Waals surface area contributed by atoms with Crippen LogP contribution in [-0.2, 0) is 16.1 Å². The van der Waals surface area contributed by atoms with E-state index in [9.17, 15) is 9.59 Å². The average molecular weight is 324 g/mol. The SMILES string of the molecule is COc1ccccc1N1C(=O)CC(N(C)Cc2ccccc2)C1=O. The number of ether oxygens (including phenoxy) is 1. The smallest absolute Gasteiger partial charge is 0.251 e. The number of likely N-dealkylation sites (N-methyl/N-ethyl adjacent to an activating group) is 1. The number of amides is 2. The third-order valence-electron chi connectivity index (χ3n) is 4.26. The fraction of sp³-hybridized carbons (Fsp3) is 0.263. The minimum absolute atomic E-state index is 0.181. The molecule has 2 aromatic rings. The molecule has 0 saturated carbocycles. The number of anilines is 1. The Kier molecular flexibility index (Phi) is 4.62. The Bertz CT molecular complexity index is 745. The van der Waals surface area contributed by atoms with Crippen molar-refractivity contribution in [2.24, 2.45) is 0 Å². The van der Waals surface area contributed by atoms with Gasteiger partial charge in [-0.25, -0.2) is 4.90 Å². The summed E-state index contributed by atoms with van der Waals surface area (Å²) in [5, 5.41) is 0. The number of hydrogen-bond donors (Lipinski definition) is 0. The van der Waals surface area contributed by atoms with Crippen LogP contribution in [0, 0.1) is 0 Å². The van der Waals surface area contributed by atoms with E-state index in [2.05, 4.69) is 0 Å². The second-order valence-electron chi connectivity index (χ2n) is 5.86. The molecule has 1 unspecified atom stereocenters. The molecule has 1 aliphatic heterocycles. The summed E-state index contributed by atoms with van der Waals surface area (Å²) < 4.78 is 5.29. The van der Waals surface area contributed by atoms with Gasteiger partial charge in [-0.15, -0.1) is 0 Å². The summed E-state index contributed by atoms with van der Waals surface area (Å²) in [4.78, 5) is 28.4. The van der Waals surface area contributed by atoms with Crippen molar-refractivity contribution >= 4 is 17.5 Å². The molecule has 5 nitrogen and oxygen atoms in total. The van der Waals surface area contributed by atoms with Gasteiger partial charge in [0.05, 0.1) is 25.3 Å². The molecule has 1 fully saturated rings. The second kappa shape index (κ2) is 6.84. The van der Waals surface area contributed by atoms with E-state index in [4.69, 9.17) is 4.74 Å². The molecule has 1 heterocycles. The van der Waals surface area contributed by atoms with Crippen molar-refractivity contribution in [3.05, 3.63) is 60.2 Å². The molecule has 0 radical (unpaired) electrons. The minimum atomic E-state index is -0.456. The Morgan fingerprint density at radius 3 is 2.46 bits per heavy atom. The maximum Gasteiger partial charge on any atom is 0.251 e. The van der Waals surface area contributed by atoms with Gasteiger partial charge >= 0.3 is 0 Å². The number of carbonyl (C=O) groups excluding carboxylic acids is 2. The molecule has 2 aromatic carbocycles. The number of carbonyl (C=O) groups is 2. The van der Waals surface area contributed by atoms with Crippen LogP contribution in [0.15, 0.2) is 54.6 Å². The van der Waals surface area contributed by atoms with E-state index < -0.39 is 6.04 Å². The van der Waals surface area contributed by atoms with Crippen LogP contribution in [0.1, 0.15) is 12.0 Å². The normalized spacial score (nSPS) is 17.6. The van der Waals surface area contributed by atoms with Gasteiger partial charge in [-0.3, -0.25) is 14.5 Å². The Balaban J connectivity index is 1.81. The molecule has 0 aliphatic carbocycles. The molecular formula is C19H20N2O3. The number of imide groups is 1. The Labute approximate surface area is 141 Å². The highest BCUT2D eigenvalue weighted by molar-refractivity contribution is 6.23. The highest BCUT2D eigenvalue weighted by Gasteiger charge is 2.42. The zero-order chi connectivity index (χ0) is 17.1. The van der Waals surface area contributed by atoms with E-state index in [0.717, 1.165) is 5.56 Å². The third kappa shape index (κ3) is 3.03. The first-order chi connectivity index (χ1) is 11.6.